The van der Waals surface area contributed by atoms with Crippen LogP contribution in [0.3, 0.4) is 0 Å². The van der Waals surface area contributed by atoms with E-state index in [9.17, 15) is 14.4 Å². The van der Waals surface area contributed by atoms with Gasteiger partial charge in [0.1, 0.15) is 5.75 Å². The largest absolute Gasteiger partial charge is 0.497 e. The number of amides is 2. The lowest BCUT2D eigenvalue weighted by Crippen LogP contribution is -2.50. The number of aromatic nitrogens is 1. The summed E-state index contributed by atoms with van der Waals surface area (Å²) in [6, 6.07) is 17.5. The van der Waals surface area contributed by atoms with Gasteiger partial charge in [-0.3, -0.25) is 19.0 Å². The number of pyridine rings is 1. The molecule has 0 unspecified atom stereocenters. The second-order valence-electron chi connectivity index (χ2n) is 8.02. The lowest BCUT2D eigenvalue weighted by Gasteiger charge is -2.34. The molecule has 2 amide bonds. The van der Waals surface area contributed by atoms with Crippen LogP contribution >= 0.6 is 0 Å². The number of rotatable bonds is 4. The van der Waals surface area contributed by atoms with Crippen LogP contribution in [0, 0.1) is 0 Å². The molecule has 1 fully saturated rings. The minimum absolute atomic E-state index is 0.177. The van der Waals surface area contributed by atoms with Crippen molar-refractivity contribution in [1.29, 1.82) is 0 Å². The molecule has 0 atom stereocenters. The Morgan fingerprint density at radius 3 is 2.09 bits per heavy atom. The van der Waals surface area contributed by atoms with Gasteiger partial charge >= 0.3 is 0 Å². The van der Waals surface area contributed by atoms with Crippen molar-refractivity contribution in [2.75, 3.05) is 33.3 Å². The van der Waals surface area contributed by atoms with Crippen molar-refractivity contribution in [2.24, 2.45) is 0 Å². The summed E-state index contributed by atoms with van der Waals surface area (Å²) in [7, 11) is 1.58. The third-order valence-corrected chi connectivity index (χ3v) is 6.09. The van der Waals surface area contributed by atoms with Gasteiger partial charge in [0, 0.05) is 48.8 Å². The van der Waals surface area contributed by atoms with Gasteiger partial charge in [0.15, 0.2) is 5.76 Å². The number of hydrogen-bond acceptors (Lipinski definition) is 5. The molecule has 0 N–H and O–H groups in total. The fourth-order valence-corrected chi connectivity index (χ4v) is 4.24. The summed E-state index contributed by atoms with van der Waals surface area (Å²) >= 11 is 0. The second-order valence-corrected chi connectivity index (χ2v) is 8.02. The third-order valence-electron chi connectivity index (χ3n) is 6.09. The first-order chi connectivity index (χ1) is 16.6. The predicted molar refractivity (Wildman–Crippen MR) is 127 cm³/mol. The van der Waals surface area contributed by atoms with Crippen LogP contribution < -0.4 is 10.3 Å². The number of benzene rings is 2. The molecule has 1 saturated heterocycles. The molecule has 0 bridgehead atoms. The first kappa shape index (κ1) is 21.5. The average molecular weight is 457 g/mol. The third kappa shape index (κ3) is 3.83. The normalized spacial score (nSPS) is 13.8. The van der Waals surface area contributed by atoms with Crippen molar-refractivity contribution in [3.63, 3.8) is 0 Å². The van der Waals surface area contributed by atoms with Gasteiger partial charge in [-0.15, -0.1) is 0 Å². The minimum atomic E-state index is -0.203. The molecule has 172 valence electrons. The van der Waals surface area contributed by atoms with Crippen LogP contribution in [0.2, 0.25) is 0 Å². The number of nitrogens with zero attached hydrogens (tertiary/aromatic N) is 3. The Morgan fingerprint density at radius 2 is 1.47 bits per heavy atom. The number of furan rings is 1. The van der Waals surface area contributed by atoms with E-state index in [4.69, 9.17) is 9.15 Å². The van der Waals surface area contributed by atoms with Gasteiger partial charge in [-0.25, -0.2) is 0 Å². The first-order valence-corrected chi connectivity index (χ1v) is 11.0. The lowest BCUT2D eigenvalue weighted by atomic mass is 10.1. The van der Waals surface area contributed by atoms with E-state index >= 15 is 0 Å². The Hall–Kier alpha value is -4.33. The number of fused-ring (bicyclic) bond motifs is 1. The van der Waals surface area contributed by atoms with Gasteiger partial charge in [-0.05, 0) is 42.5 Å². The van der Waals surface area contributed by atoms with Crippen LogP contribution in [0.1, 0.15) is 20.9 Å². The maximum atomic E-state index is 13.6. The Balaban J connectivity index is 1.46. The monoisotopic (exact) mass is 457 g/mol. The highest BCUT2D eigenvalue weighted by Gasteiger charge is 2.28. The van der Waals surface area contributed by atoms with Gasteiger partial charge < -0.3 is 19.0 Å². The summed E-state index contributed by atoms with van der Waals surface area (Å²) in [6.45, 7) is 1.59. The number of carbonyl (C=O) groups excluding carboxylic acids is 2. The fraction of sp³-hybridized carbons (Fsp3) is 0.192. The van der Waals surface area contributed by atoms with Crippen LogP contribution in [-0.2, 0) is 0 Å². The Kier molecular flexibility index (Phi) is 5.63. The molecule has 5 rings (SSSR count). The zero-order chi connectivity index (χ0) is 23.7. The quantitative estimate of drug-likeness (QED) is 0.470. The molecule has 0 saturated carbocycles. The fourth-order valence-electron chi connectivity index (χ4n) is 4.24. The summed E-state index contributed by atoms with van der Waals surface area (Å²) in [4.78, 5) is 42.7. The Morgan fingerprint density at radius 1 is 0.824 bits per heavy atom. The van der Waals surface area contributed by atoms with Gasteiger partial charge in [-0.2, -0.15) is 0 Å². The molecule has 34 heavy (non-hydrogen) atoms. The van der Waals surface area contributed by atoms with Crippen molar-refractivity contribution < 1.29 is 18.7 Å². The van der Waals surface area contributed by atoms with E-state index in [2.05, 4.69) is 0 Å². The maximum absolute atomic E-state index is 13.6. The Bertz CT molecular complexity index is 1400. The molecule has 8 nitrogen and oxygen atoms in total. The van der Waals surface area contributed by atoms with Gasteiger partial charge in [0.2, 0.25) is 0 Å². The standard InChI is InChI=1S/C26H23N3O5/c1-33-19-10-8-18(9-11-19)29-17-22(20-5-2-3-6-21(20)25(29)31)24(30)27-12-14-28(15-13-27)26(32)23-7-4-16-34-23/h2-11,16-17H,12-15H2,1H3. The summed E-state index contributed by atoms with van der Waals surface area (Å²) < 4.78 is 11.9. The molecule has 2 aromatic carbocycles. The SMILES string of the molecule is COc1ccc(-n2cc(C(=O)N3CCN(C(=O)c4ccco4)CC3)c3ccccc3c2=O)cc1. The molecule has 3 heterocycles. The molecule has 8 heteroatoms. The highest BCUT2D eigenvalue weighted by molar-refractivity contribution is 6.06. The number of ether oxygens (including phenoxy) is 1. The van der Waals surface area contributed by atoms with E-state index in [0.29, 0.717) is 54.0 Å². The van der Waals surface area contributed by atoms with Crippen molar-refractivity contribution in [1.82, 2.24) is 14.4 Å². The number of piperazine rings is 1. The Labute approximate surface area is 195 Å². The zero-order valence-corrected chi connectivity index (χ0v) is 18.6. The van der Waals surface area contributed by atoms with Gasteiger partial charge in [-0.1, -0.05) is 18.2 Å². The predicted octanol–water partition coefficient (Wildman–Crippen LogP) is 3.19. The first-order valence-electron chi connectivity index (χ1n) is 11.0. The molecular formula is C26H23N3O5. The smallest absolute Gasteiger partial charge is 0.289 e. The van der Waals surface area contributed by atoms with Crippen molar-refractivity contribution in [3.8, 4) is 11.4 Å². The minimum Gasteiger partial charge on any atom is -0.497 e. The van der Waals surface area contributed by atoms with Gasteiger partial charge in [0.25, 0.3) is 17.4 Å². The molecule has 0 aliphatic carbocycles. The van der Waals surface area contributed by atoms with Crippen LogP contribution in [0.15, 0.2) is 82.3 Å². The van der Waals surface area contributed by atoms with Crippen molar-refractivity contribution in [2.45, 2.75) is 0 Å². The van der Waals surface area contributed by atoms with Crippen LogP contribution in [0.25, 0.3) is 16.5 Å². The average Bonchev–Trinajstić information content (AvgIpc) is 3.44. The number of methoxy groups -OCH3 is 1. The maximum Gasteiger partial charge on any atom is 0.289 e. The highest BCUT2D eigenvalue weighted by Crippen LogP contribution is 2.21. The summed E-state index contributed by atoms with van der Waals surface area (Å²) in [6.07, 6.45) is 3.07. The molecule has 0 spiro atoms. The van der Waals surface area contributed by atoms with Crippen LogP contribution in [0.4, 0.5) is 0 Å². The number of carbonyl (C=O) groups is 2. The van der Waals surface area contributed by atoms with Crippen LogP contribution in [-0.4, -0.2) is 59.5 Å². The summed E-state index contributed by atoms with van der Waals surface area (Å²) in [5.74, 6) is 0.604. The van der Waals surface area contributed by atoms with Crippen LogP contribution in [0.5, 0.6) is 5.75 Å². The molecule has 2 aromatic heterocycles. The van der Waals surface area contributed by atoms with E-state index < -0.39 is 0 Å². The van der Waals surface area contributed by atoms with E-state index in [1.165, 1.54) is 10.8 Å². The topological polar surface area (TPSA) is 85.0 Å². The molecular weight excluding hydrogens is 434 g/mol. The van der Waals surface area contributed by atoms with Gasteiger partial charge in [0.05, 0.1) is 18.9 Å². The van der Waals surface area contributed by atoms with Crippen molar-refractivity contribution >= 4 is 22.6 Å². The van der Waals surface area contributed by atoms with E-state index in [1.807, 2.05) is 6.07 Å². The molecule has 4 aromatic rings. The number of hydrogen-bond donors (Lipinski definition) is 0. The molecule has 0 radical (unpaired) electrons. The zero-order valence-electron chi connectivity index (χ0n) is 18.6. The molecule has 1 aliphatic rings. The summed E-state index contributed by atoms with van der Waals surface area (Å²) in [5.41, 5.74) is 0.877. The van der Waals surface area contributed by atoms with E-state index in [0.717, 1.165) is 0 Å². The highest BCUT2D eigenvalue weighted by atomic mass is 16.5. The summed E-state index contributed by atoms with van der Waals surface area (Å²) in [5, 5.41) is 1.08. The van der Waals surface area contributed by atoms with Crippen molar-refractivity contribution in [3.05, 3.63) is 94.8 Å². The second kappa shape index (κ2) is 8.90. The van der Waals surface area contributed by atoms with E-state index in [-0.39, 0.29) is 23.1 Å². The van der Waals surface area contributed by atoms with E-state index in [1.54, 1.807) is 77.7 Å². The molecule has 1 aliphatic heterocycles. The lowest BCUT2D eigenvalue weighted by molar-refractivity contribution is 0.0519.